The zero-order valence-electron chi connectivity index (χ0n) is 18.1. The van der Waals surface area contributed by atoms with E-state index in [1.807, 2.05) is 0 Å². The first-order valence-electron chi connectivity index (χ1n) is 11.2. The van der Waals surface area contributed by atoms with Gasteiger partial charge in [0.2, 0.25) is 0 Å². The molecule has 0 radical (unpaired) electrons. The monoisotopic (exact) mass is 438 g/mol. The van der Waals surface area contributed by atoms with Crippen LogP contribution in [-0.4, -0.2) is 51.3 Å². The number of halogens is 1. The third-order valence-electron chi connectivity index (χ3n) is 6.63. The molecule has 2 aliphatic rings. The molecule has 6 nitrogen and oxygen atoms in total. The first kappa shape index (κ1) is 21.8. The maximum absolute atomic E-state index is 4.56. The smallest absolute Gasteiger partial charge is 0.173 e. The topological polar surface area (TPSA) is 50.1 Å². The second-order valence-corrected chi connectivity index (χ2v) is 8.59. The van der Waals surface area contributed by atoms with Gasteiger partial charge in [0, 0.05) is 31.9 Å². The minimum Gasteiger partial charge on any atom is -0.369 e. The number of nitrogens with zero attached hydrogens (tertiary/aromatic N) is 6. The predicted octanol–water partition coefficient (Wildman–Crippen LogP) is 4.43. The van der Waals surface area contributed by atoms with Gasteiger partial charge in [0.25, 0.3) is 0 Å². The highest BCUT2D eigenvalue weighted by Crippen LogP contribution is 2.34. The maximum Gasteiger partial charge on any atom is 0.173 e. The van der Waals surface area contributed by atoms with Crippen molar-refractivity contribution in [2.75, 3.05) is 31.1 Å². The first-order chi connectivity index (χ1) is 14.8. The van der Waals surface area contributed by atoms with Crippen molar-refractivity contribution in [3.8, 4) is 0 Å². The fourth-order valence-corrected chi connectivity index (χ4v) is 4.94. The number of tetrazole rings is 1. The molecule has 2 fully saturated rings. The lowest BCUT2D eigenvalue weighted by atomic mass is 10.0. The van der Waals surface area contributed by atoms with Gasteiger partial charge in [0.15, 0.2) is 5.82 Å². The SMILES string of the molecule is Cc1ccc(C(c2nnnn2C2CCCC2)N2CCN(c3ccccc3)CC2)cc1.Cl. The summed E-state index contributed by atoms with van der Waals surface area (Å²) in [6.45, 7) is 6.14. The van der Waals surface area contributed by atoms with Crippen LogP contribution in [0.15, 0.2) is 54.6 Å². The highest BCUT2D eigenvalue weighted by atomic mass is 35.5. The first-order valence-corrected chi connectivity index (χ1v) is 11.2. The lowest BCUT2D eigenvalue weighted by Gasteiger charge is -2.40. The minimum absolute atomic E-state index is 0. The third kappa shape index (κ3) is 4.60. The average Bonchev–Trinajstić information content (AvgIpc) is 3.48. The number of rotatable bonds is 5. The molecule has 0 amide bonds. The van der Waals surface area contributed by atoms with Crippen molar-refractivity contribution in [2.45, 2.75) is 44.7 Å². The molecule has 0 spiro atoms. The predicted molar refractivity (Wildman–Crippen MR) is 126 cm³/mol. The van der Waals surface area contributed by atoms with Gasteiger partial charge in [-0.25, -0.2) is 4.68 Å². The van der Waals surface area contributed by atoms with Gasteiger partial charge < -0.3 is 4.90 Å². The van der Waals surface area contributed by atoms with Crippen LogP contribution >= 0.6 is 12.4 Å². The Kier molecular flexibility index (Phi) is 6.88. The van der Waals surface area contributed by atoms with E-state index in [9.17, 15) is 0 Å². The Labute approximate surface area is 190 Å². The van der Waals surface area contributed by atoms with E-state index in [1.54, 1.807) is 0 Å². The van der Waals surface area contributed by atoms with Crippen molar-refractivity contribution >= 4 is 18.1 Å². The summed E-state index contributed by atoms with van der Waals surface area (Å²) in [6, 6.07) is 20.1. The Morgan fingerprint density at radius 2 is 1.55 bits per heavy atom. The summed E-state index contributed by atoms with van der Waals surface area (Å²) in [5.41, 5.74) is 3.87. The van der Waals surface area contributed by atoms with Gasteiger partial charge in [0.05, 0.1) is 12.1 Å². The summed E-state index contributed by atoms with van der Waals surface area (Å²) in [7, 11) is 0. The van der Waals surface area contributed by atoms with Gasteiger partial charge in [0.1, 0.15) is 0 Å². The zero-order valence-corrected chi connectivity index (χ0v) is 18.9. The molecular formula is C24H31ClN6. The Morgan fingerprint density at radius 3 is 2.23 bits per heavy atom. The van der Waals surface area contributed by atoms with Crippen molar-refractivity contribution in [2.24, 2.45) is 0 Å². The number of piperazine rings is 1. The molecule has 1 aliphatic heterocycles. The average molecular weight is 439 g/mol. The van der Waals surface area contributed by atoms with Crippen LogP contribution in [0.25, 0.3) is 0 Å². The molecule has 2 aromatic carbocycles. The van der Waals surface area contributed by atoms with Gasteiger partial charge in [-0.3, -0.25) is 4.90 Å². The molecule has 2 heterocycles. The minimum atomic E-state index is 0. The second-order valence-electron chi connectivity index (χ2n) is 8.59. The van der Waals surface area contributed by atoms with Crippen LogP contribution in [0.3, 0.4) is 0 Å². The molecule has 1 unspecified atom stereocenters. The summed E-state index contributed by atoms with van der Waals surface area (Å²) in [4.78, 5) is 5.03. The van der Waals surface area contributed by atoms with Crippen LogP contribution in [0.1, 0.15) is 54.7 Å². The normalized spacial score (nSPS) is 18.7. The van der Waals surface area contributed by atoms with Crippen LogP contribution in [0.2, 0.25) is 0 Å². The van der Waals surface area contributed by atoms with Crippen molar-refractivity contribution in [1.29, 1.82) is 0 Å². The third-order valence-corrected chi connectivity index (χ3v) is 6.63. The second kappa shape index (κ2) is 9.79. The number of aromatic nitrogens is 4. The van der Waals surface area contributed by atoms with Crippen LogP contribution in [0, 0.1) is 6.92 Å². The van der Waals surface area contributed by atoms with Crippen LogP contribution in [-0.2, 0) is 0 Å². The number of anilines is 1. The fraction of sp³-hybridized carbons (Fsp3) is 0.458. The molecule has 1 saturated carbocycles. The number of benzene rings is 2. The van der Waals surface area contributed by atoms with Crippen molar-refractivity contribution in [3.63, 3.8) is 0 Å². The zero-order chi connectivity index (χ0) is 20.3. The van der Waals surface area contributed by atoms with Crippen molar-refractivity contribution in [3.05, 3.63) is 71.5 Å². The molecule has 1 atom stereocenters. The summed E-state index contributed by atoms with van der Waals surface area (Å²) >= 11 is 0. The number of hydrogen-bond donors (Lipinski definition) is 0. The molecule has 31 heavy (non-hydrogen) atoms. The van der Waals surface area contributed by atoms with Gasteiger partial charge in [-0.1, -0.05) is 60.9 Å². The molecule has 5 rings (SSSR count). The lowest BCUT2D eigenvalue weighted by Crippen LogP contribution is -2.48. The summed E-state index contributed by atoms with van der Waals surface area (Å²) in [5.74, 6) is 0.999. The van der Waals surface area contributed by atoms with Gasteiger partial charge in [-0.15, -0.1) is 17.5 Å². The summed E-state index contributed by atoms with van der Waals surface area (Å²) in [6.07, 6.45) is 4.91. The molecule has 7 heteroatoms. The summed E-state index contributed by atoms with van der Waals surface area (Å²) in [5, 5.41) is 13.1. The number of hydrogen-bond acceptors (Lipinski definition) is 5. The molecule has 1 aliphatic carbocycles. The largest absolute Gasteiger partial charge is 0.369 e. The molecule has 1 saturated heterocycles. The van der Waals surface area contributed by atoms with E-state index < -0.39 is 0 Å². The van der Waals surface area contributed by atoms with E-state index in [2.05, 4.69) is 91.5 Å². The molecular weight excluding hydrogens is 408 g/mol. The van der Waals surface area contributed by atoms with Gasteiger partial charge in [-0.2, -0.15) is 0 Å². The van der Waals surface area contributed by atoms with Crippen LogP contribution in [0.4, 0.5) is 5.69 Å². The maximum atomic E-state index is 4.56. The molecule has 0 N–H and O–H groups in total. The molecule has 1 aromatic heterocycles. The molecule has 3 aromatic rings. The van der Waals surface area contributed by atoms with Crippen LogP contribution < -0.4 is 4.90 Å². The van der Waals surface area contributed by atoms with E-state index in [-0.39, 0.29) is 18.4 Å². The molecule has 0 bridgehead atoms. The van der Waals surface area contributed by atoms with E-state index in [1.165, 1.54) is 42.5 Å². The molecule has 164 valence electrons. The standard InChI is InChI=1S/C24H30N6.ClH/c1-19-11-13-20(14-12-19)23(24-25-26-27-30(24)22-9-5-6-10-22)29-17-15-28(16-18-29)21-7-3-2-4-8-21;/h2-4,7-8,11-14,22-23H,5-6,9-10,15-18H2,1H3;1H. The quantitative estimate of drug-likeness (QED) is 0.589. The van der Waals surface area contributed by atoms with E-state index in [4.69, 9.17) is 0 Å². The van der Waals surface area contributed by atoms with Crippen molar-refractivity contribution < 1.29 is 0 Å². The van der Waals surface area contributed by atoms with E-state index in [0.29, 0.717) is 6.04 Å². The van der Waals surface area contributed by atoms with E-state index in [0.717, 1.165) is 32.0 Å². The Hall–Kier alpha value is -2.44. The highest BCUT2D eigenvalue weighted by molar-refractivity contribution is 5.85. The van der Waals surface area contributed by atoms with Gasteiger partial charge >= 0.3 is 0 Å². The number of aryl methyl sites for hydroxylation is 1. The van der Waals surface area contributed by atoms with Crippen LogP contribution in [0.5, 0.6) is 0 Å². The van der Waals surface area contributed by atoms with E-state index >= 15 is 0 Å². The van der Waals surface area contributed by atoms with Gasteiger partial charge in [-0.05, 0) is 47.9 Å². The summed E-state index contributed by atoms with van der Waals surface area (Å²) < 4.78 is 2.13. The lowest BCUT2D eigenvalue weighted by molar-refractivity contribution is 0.197. The van der Waals surface area contributed by atoms with Crippen molar-refractivity contribution in [1.82, 2.24) is 25.1 Å². The highest BCUT2D eigenvalue weighted by Gasteiger charge is 2.33. The number of para-hydroxylation sites is 1. The fourth-order valence-electron chi connectivity index (χ4n) is 4.94. The Morgan fingerprint density at radius 1 is 0.871 bits per heavy atom. The Balaban J connectivity index is 0.00000231. The Bertz CT molecular complexity index is 944.